The predicted molar refractivity (Wildman–Crippen MR) is 88.3 cm³/mol. The molecule has 0 radical (unpaired) electrons. The van der Waals surface area contributed by atoms with Crippen LogP contribution in [0.15, 0.2) is 12.3 Å². The summed E-state index contributed by atoms with van der Waals surface area (Å²) in [6, 6.07) is 2.14. The average Bonchev–Trinajstić information content (AvgIpc) is 2.89. The van der Waals surface area contributed by atoms with Gasteiger partial charge in [0, 0.05) is 23.7 Å². The third-order valence-electron chi connectivity index (χ3n) is 3.92. The second-order valence-corrected chi connectivity index (χ2v) is 6.80. The highest BCUT2D eigenvalue weighted by Crippen LogP contribution is 2.23. The van der Waals surface area contributed by atoms with Gasteiger partial charge in [0.05, 0.1) is 17.0 Å². The molecular formula is C17H26N4O. The van der Waals surface area contributed by atoms with Gasteiger partial charge >= 0.3 is 0 Å². The molecule has 0 saturated heterocycles. The van der Waals surface area contributed by atoms with Crippen LogP contribution >= 0.6 is 0 Å². The van der Waals surface area contributed by atoms with Gasteiger partial charge in [-0.15, -0.1) is 0 Å². The van der Waals surface area contributed by atoms with Crippen LogP contribution in [0.2, 0.25) is 0 Å². The van der Waals surface area contributed by atoms with Crippen LogP contribution in [0.4, 0.5) is 0 Å². The zero-order valence-corrected chi connectivity index (χ0v) is 14.4. The fraction of sp³-hybridized carbons (Fsp3) is 0.588. The van der Waals surface area contributed by atoms with Crippen LogP contribution in [-0.2, 0) is 11.8 Å². The lowest BCUT2D eigenvalue weighted by Gasteiger charge is -2.15. The van der Waals surface area contributed by atoms with Crippen molar-refractivity contribution in [1.82, 2.24) is 19.9 Å². The predicted octanol–water partition coefficient (Wildman–Crippen LogP) is 3.12. The minimum atomic E-state index is -0.0755. The minimum absolute atomic E-state index is 0.0438. The Morgan fingerprint density at radius 3 is 2.59 bits per heavy atom. The van der Waals surface area contributed by atoms with E-state index in [1.54, 1.807) is 6.20 Å². The van der Waals surface area contributed by atoms with Crippen molar-refractivity contribution in [2.24, 2.45) is 0 Å². The number of aryl methyl sites for hydroxylation is 1. The molecule has 0 bridgehead atoms. The van der Waals surface area contributed by atoms with Gasteiger partial charge < -0.3 is 5.32 Å². The number of fused-ring (bicyclic) bond motifs is 1. The summed E-state index contributed by atoms with van der Waals surface area (Å²) in [5.74, 6) is -0.0755. The van der Waals surface area contributed by atoms with Crippen molar-refractivity contribution in [2.45, 2.75) is 65.8 Å². The molecule has 22 heavy (non-hydrogen) atoms. The lowest BCUT2D eigenvalue weighted by Crippen LogP contribution is -2.33. The molecule has 5 nitrogen and oxygen atoms in total. The summed E-state index contributed by atoms with van der Waals surface area (Å²) >= 11 is 0. The minimum Gasteiger partial charge on any atom is -0.349 e. The number of rotatable bonds is 4. The number of aromatic nitrogens is 3. The summed E-state index contributed by atoms with van der Waals surface area (Å²) in [6.07, 6.45) is 3.30. The van der Waals surface area contributed by atoms with Crippen molar-refractivity contribution in [2.75, 3.05) is 0 Å². The molecule has 0 fully saturated rings. The number of carbonyl (C=O) groups is 1. The molecule has 0 aliphatic rings. The van der Waals surface area contributed by atoms with E-state index in [2.05, 4.69) is 43.1 Å². The number of nitrogens with one attached hydrogen (secondary N) is 1. The fourth-order valence-electron chi connectivity index (χ4n) is 2.28. The van der Waals surface area contributed by atoms with E-state index in [-0.39, 0.29) is 17.4 Å². The number of nitrogens with zero attached hydrogens (tertiary/aromatic N) is 3. The first-order valence-corrected chi connectivity index (χ1v) is 7.96. The van der Waals surface area contributed by atoms with E-state index in [1.165, 1.54) is 0 Å². The highest BCUT2D eigenvalue weighted by Gasteiger charge is 2.21. The van der Waals surface area contributed by atoms with Gasteiger partial charge in [-0.1, -0.05) is 34.6 Å². The van der Waals surface area contributed by atoms with Crippen LogP contribution < -0.4 is 5.32 Å². The summed E-state index contributed by atoms with van der Waals surface area (Å²) < 4.78 is 1.81. The number of amides is 1. The van der Waals surface area contributed by atoms with E-state index in [9.17, 15) is 4.79 Å². The summed E-state index contributed by atoms with van der Waals surface area (Å²) in [7, 11) is 0. The molecule has 0 aliphatic heterocycles. The van der Waals surface area contributed by atoms with Crippen LogP contribution in [0.5, 0.6) is 0 Å². The van der Waals surface area contributed by atoms with Crippen molar-refractivity contribution >= 4 is 11.6 Å². The summed E-state index contributed by atoms with van der Waals surface area (Å²) in [4.78, 5) is 16.9. The van der Waals surface area contributed by atoms with Crippen LogP contribution in [-0.4, -0.2) is 26.5 Å². The van der Waals surface area contributed by atoms with E-state index < -0.39 is 0 Å². The van der Waals surface area contributed by atoms with Crippen molar-refractivity contribution in [3.63, 3.8) is 0 Å². The summed E-state index contributed by atoms with van der Waals surface area (Å²) in [5.41, 5.74) is 3.24. The normalized spacial score (nSPS) is 13.4. The maximum atomic E-state index is 12.4. The highest BCUT2D eigenvalue weighted by molar-refractivity contribution is 5.95. The quantitative estimate of drug-likeness (QED) is 0.944. The molecule has 2 heterocycles. The third kappa shape index (κ3) is 3.13. The van der Waals surface area contributed by atoms with Crippen LogP contribution in [0, 0.1) is 0 Å². The number of hydrogen-bond donors (Lipinski definition) is 1. The van der Waals surface area contributed by atoms with Gasteiger partial charge in [0.25, 0.3) is 5.91 Å². The summed E-state index contributed by atoms with van der Waals surface area (Å²) in [6.45, 7) is 12.5. The number of hydrogen-bond acceptors (Lipinski definition) is 3. The molecule has 0 spiro atoms. The molecule has 2 aromatic rings. The molecule has 0 aromatic carbocycles. The monoisotopic (exact) mass is 302 g/mol. The molecule has 1 atom stereocenters. The maximum Gasteiger partial charge on any atom is 0.254 e. The first-order chi connectivity index (χ1) is 10.3. The zero-order valence-electron chi connectivity index (χ0n) is 14.4. The Kier molecular flexibility index (Phi) is 4.54. The zero-order chi connectivity index (χ0) is 16.5. The molecule has 1 amide bonds. The number of carbonyl (C=O) groups excluding carboxylic acids is 1. The topological polar surface area (TPSA) is 59.3 Å². The van der Waals surface area contributed by atoms with E-state index >= 15 is 0 Å². The SMILES string of the molecule is CCc1c(C(=O)NC(C)CC)cnc2cc(C(C)(C)C)nn12. The molecule has 120 valence electrons. The largest absolute Gasteiger partial charge is 0.349 e. The molecule has 5 heteroatoms. The van der Waals surface area contributed by atoms with Gasteiger partial charge in [0.1, 0.15) is 0 Å². The summed E-state index contributed by atoms with van der Waals surface area (Å²) in [5, 5.41) is 7.67. The van der Waals surface area contributed by atoms with E-state index in [0.717, 1.165) is 29.9 Å². The first kappa shape index (κ1) is 16.5. The lowest BCUT2D eigenvalue weighted by atomic mass is 9.93. The van der Waals surface area contributed by atoms with Crippen molar-refractivity contribution in [3.8, 4) is 0 Å². The van der Waals surface area contributed by atoms with E-state index in [1.807, 2.05) is 24.4 Å². The molecule has 2 aromatic heterocycles. The second kappa shape index (κ2) is 6.07. The van der Waals surface area contributed by atoms with Gasteiger partial charge in [0.15, 0.2) is 5.65 Å². The molecule has 1 N–H and O–H groups in total. The molecule has 2 rings (SSSR count). The van der Waals surface area contributed by atoms with Crippen molar-refractivity contribution in [3.05, 3.63) is 29.2 Å². The smallest absolute Gasteiger partial charge is 0.254 e. The standard InChI is InChI=1S/C17H26N4O/c1-7-11(3)19-16(22)12-10-18-15-9-14(17(4,5)6)20-21(15)13(12)8-2/h9-11H,7-8H2,1-6H3,(H,19,22). The van der Waals surface area contributed by atoms with Crippen molar-refractivity contribution in [1.29, 1.82) is 0 Å². The molecule has 0 aliphatic carbocycles. The van der Waals surface area contributed by atoms with Gasteiger partial charge in [-0.05, 0) is 19.8 Å². The van der Waals surface area contributed by atoms with Crippen LogP contribution in [0.25, 0.3) is 5.65 Å². The Morgan fingerprint density at radius 2 is 2.05 bits per heavy atom. The molecule has 1 unspecified atom stereocenters. The second-order valence-electron chi connectivity index (χ2n) is 6.80. The molecular weight excluding hydrogens is 276 g/mol. The lowest BCUT2D eigenvalue weighted by molar-refractivity contribution is 0.0937. The Hall–Kier alpha value is -1.91. The van der Waals surface area contributed by atoms with E-state index in [4.69, 9.17) is 0 Å². The van der Waals surface area contributed by atoms with Crippen LogP contribution in [0.3, 0.4) is 0 Å². The molecule has 0 saturated carbocycles. The van der Waals surface area contributed by atoms with Gasteiger partial charge in [-0.3, -0.25) is 4.79 Å². The maximum absolute atomic E-state index is 12.4. The Bertz CT molecular complexity index is 682. The third-order valence-corrected chi connectivity index (χ3v) is 3.92. The van der Waals surface area contributed by atoms with Gasteiger partial charge in [0.2, 0.25) is 0 Å². The van der Waals surface area contributed by atoms with Crippen molar-refractivity contribution < 1.29 is 4.79 Å². The highest BCUT2D eigenvalue weighted by atomic mass is 16.1. The Balaban J connectivity index is 2.51. The fourth-order valence-corrected chi connectivity index (χ4v) is 2.28. The van der Waals surface area contributed by atoms with Gasteiger partial charge in [-0.2, -0.15) is 5.10 Å². The average molecular weight is 302 g/mol. The Morgan fingerprint density at radius 1 is 1.36 bits per heavy atom. The van der Waals surface area contributed by atoms with Crippen LogP contribution in [0.1, 0.15) is 69.7 Å². The van der Waals surface area contributed by atoms with Gasteiger partial charge in [-0.25, -0.2) is 9.50 Å². The first-order valence-electron chi connectivity index (χ1n) is 7.96. The van der Waals surface area contributed by atoms with E-state index in [0.29, 0.717) is 5.56 Å². The Labute approximate surface area is 132 Å².